The van der Waals surface area contributed by atoms with E-state index in [1.165, 1.54) is 0 Å². The minimum absolute atomic E-state index is 0.167. The van der Waals surface area contributed by atoms with Gasteiger partial charge < -0.3 is 20.1 Å². The fourth-order valence-corrected chi connectivity index (χ4v) is 2.97. The van der Waals surface area contributed by atoms with Gasteiger partial charge in [-0.15, -0.1) is 0 Å². The molecule has 3 aromatic rings. The highest BCUT2D eigenvalue weighted by Crippen LogP contribution is 2.29. The third kappa shape index (κ3) is 5.29. The lowest BCUT2D eigenvalue weighted by Gasteiger charge is -2.15. The summed E-state index contributed by atoms with van der Waals surface area (Å²) in [6, 6.07) is 18.4. The first kappa shape index (κ1) is 21.2. The molecule has 0 aromatic heterocycles. The molecule has 6 heteroatoms. The summed E-state index contributed by atoms with van der Waals surface area (Å²) >= 11 is 0. The molecule has 0 aliphatic heterocycles. The second-order valence-electron chi connectivity index (χ2n) is 7.34. The lowest BCUT2D eigenvalue weighted by Crippen LogP contribution is -2.32. The van der Waals surface area contributed by atoms with Gasteiger partial charge in [0.05, 0.1) is 18.4 Å². The Hall–Kier alpha value is -3.54. The van der Waals surface area contributed by atoms with Gasteiger partial charge in [0.25, 0.3) is 11.8 Å². The molecule has 0 heterocycles. The molecular weight excluding hydrogens is 380 g/mol. The molecule has 0 unspecified atom stereocenters. The minimum Gasteiger partial charge on any atom is -0.495 e. The Morgan fingerprint density at radius 1 is 0.933 bits per heavy atom. The number of hydrogen-bond donors (Lipinski definition) is 2. The van der Waals surface area contributed by atoms with Crippen LogP contribution < -0.4 is 20.1 Å². The molecule has 0 aliphatic carbocycles. The highest BCUT2D eigenvalue weighted by atomic mass is 16.5. The summed E-state index contributed by atoms with van der Waals surface area (Å²) in [7, 11) is 1.55. The number of anilines is 1. The zero-order valence-electron chi connectivity index (χ0n) is 17.4. The number of hydrogen-bond acceptors (Lipinski definition) is 4. The largest absolute Gasteiger partial charge is 0.495 e. The molecule has 3 aromatic carbocycles. The van der Waals surface area contributed by atoms with E-state index in [9.17, 15) is 9.59 Å². The number of fused-ring (bicyclic) bond motifs is 1. The van der Waals surface area contributed by atoms with E-state index in [1.54, 1.807) is 31.4 Å². The second kappa shape index (κ2) is 9.78. The number of carbonyl (C=O) groups excluding carboxylic acids is 2. The van der Waals surface area contributed by atoms with Gasteiger partial charge in [-0.1, -0.05) is 50.2 Å². The van der Waals surface area contributed by atoms with E-state index >= 15 is 0 Å². The summed E-state index contributed by atoms with van der Waals surface area (Å²) in [5, 5.41) is 7.50. The van der Waals surface area contributed by atoms with Gasteiger partial charge in [-0.3, -0.25) is 9.59 Å². The summed E-state index contributed by atoms with van der Waals surface area (Å²) < 4.78 is 11.1. The van der Waals surface area contributed by atoms with Gasteiger partial charge in [-0.25, -0.2) is 0 Å². The maximum atomic E-state index is 13.1. The highest BCUT2D eigenvalue weighted by molar-refractivity contribution is 6.09. The lowest BCUT2D eigenvalue weighted by atomic mass is 10.1. The van der Waals surface area contributed by atoms with Crippen LogP contribution in [0.1, 0.15) is 24.2 Å². The Morgan fingerprint density at radius 3 is 2.30 bits per heavy atom. The molecule has 0 bridgehead atoms. The molecule has 0 aliphatic rings. The van der Waals surface area contributed by atoms with Crippen LogP contribution in [0.3, 0.4) is 0 Å². The molecule has 0 fully saturated rings. The van der Waals surface area contributed by atoms with Crippen LogP contribution >= 0.6 is 0 Å². The van der Waals surface area contributed by atoms with E-state index in [1.807, 2.05) is 50.2 Å². The van der Waals surface area contributed by atoms with Crippen molar-refractivity contribution in [3.63, 3.8) is 0 Å². The number of para-hydroxylation sites is 2. The van der Waals surface area contributed by atoms with Crippen LogP contribution in [0, 0.1) is 5.92 Å². The Balaban J connectivity index is 1.86. The molecule has 2 amide bonds. The Bertz CT molecular complexity index is 1050. The van der Waals surface area contributed by atoms with E-state index in [4.69, 9.17) is 9.47 Å². The maximum absolute atomic E-state index is 13.1. The molecule has 0 saturated heterocycles. The van der Waals surface area contributed by atoms with Crippen molar-refractivity contribution in [2.24, 2.45) is 5.92 Å². The average molecular weight is 406 g/mol. The van der Waals surface area contributed by atoms with E-state index in [0.29, 0.717) is 35.2 Å². The van der Waals surface area contributed by atoms with Crippen LogP contribution in [0.5, 0.6) is 11.5 Å². The fraction of sp³-hybridized carbons (Fsp3) is 0.250. The van der Waals surface area contributed by atoms with Crippen molar-refractivity contribution in [2.75, 3.05) is 25.6 Å². The van der Waals surface area contributed by atoms with Gasteiger partial charge >= 0.3 is 0 Å². The quantitative estimate of drug-likeness (QED) is 0.586. The zero-order valence-corrected chi connectivity index (χ0v) is 17.4. The first-order valence-corrected chi connectivity index (χ1v) is 9.84. The third-order valence-corrected chi connectivity index (χ3v) is 4.51. The molecule has 3 rings (SSSR count). The van der Waals surface area contributed by atoms with Crippen LogP contribution in [0.15, 0.2) is 60.7 Å². The smallest absolute Gasteiger partial charge is 0.259 e. The van der Waals surface area contributed by atoms with Crippen molar-refractivity contribution in [3.05, 3.63) is 66.2 Å². The normalized spacial score (nSPS) is 10.7. The second-order valence-corrected chi connectivity index (χ2v) is 7.34. The predicted molar refractivity (Wildman–Crippen MR) is 118 cm³/mol. The average Bonchev–Trinajstić information content (AvgIpc) is 2.75. The number of nitrogens with one attached hydrogen (secondary N) is 2. The van der Waals surface area contributed by atoms with Crippen LogP contribution in [-0.2, 0) is 4.79 Å². The number of rotatable bonds is 8. The van der Waals surface area contributed by atoms with Crippen molar-refractivity contribution >= 4 is 28.3 Å². The van der Waals surface area contributed by atoms with Crippen LogP contribution in [0.4, 0.5) is 5.69 Å². The topological polar surface area (TPSA) is 76.7 Å². The van der Waals surface area contributed by atoms with Crippen LogP contribution in [-0.4, -0.2) is 32.1 Å². The summed E-state index contributed by atoms with van der Waals surface area (Å²) in [5.74, 6) is 0.676. The standard InChI is InChI=1S/C24H26N2O4/c1-16(2)14-25-23(27)15-30-22-13-18-9-5-4-8-17(18)12-19(22)24(28)26-20-10-6-7-11-21(20)29-3/h4-13,16H,14-15H2,1-3H3,(H,25,27)(H,26,28). The van der Waals surface area contributed by atoms with Gasteiger partial charge in [0.2, 0.25) is 0 Å². The van der Waals surface area contributed by atoms with Gasteiger partial charge in [0.1, 0.15) is 11.5 Å². The molecule has 0 spiro atoms. The summed E-state index contributed by atoms with van der Waals surface area (Å²) in [5.41, 5.74) is 0.898. The first-order valence-electron chi connectivity index (χ1n) is 9.84. The third-order valence-electron chi connectivity index (χ3n) is 4.51. The lowest BCUT2D eigenvalue weighted by molar-refractivity contribution is -0.123. The molecule has 30 heavy (non-hydrogen) atoms. The van der Waals surface area contributed by atoms with E-state index in [-0.39, 0.29) is 18.4 Å². The number of carbonyl (C=O) groups is 2. The summed E-state index contributed by atoms with van der Waals surface area (Å²) in [6.45, 7) is 4.44. The van der Waals surface area contributed by atoms with E-state index in [0.717, 1.165) is 10.8 Å². The SMILES string of the molecule is COc1ccccc1NC(=O)c1cc2ccccc2cc1OCC(=O)NCC(C)C. The fourth-order valence-electron chi connectivity index (χ4n) is 2.97. The molecule has 6 nitrogen and oxygen atoms in total. The molecule has 0 saturated carbocycles. The Kier molecular flexibility index (Phi) is 6.91. The van der Waals surface area contributed by atoms with E-state index in [2.05, 4.69) is 10.6 Å². The van der Waals surface area contributed by atoms with E-state index < -0.39 is 0 Å². The summed E-state index contributed by atoms with van der Waals surface area (Å²) in [4.78, 5) is 25.1. The number of benzene rings is 3. The first-order chi connectivity index (χ1) is 14.5. The number of amides is 2. The highest BCUT2D eigenvalue weighted by Gasteiger charge is 2.17. The van der Waals surface area contributed by atoms with Crippen molar-refractivity contribution in [3.8, 4) is 11.5 Å². The van der Waals surface area contributed by atoms with Crippen LogP contribution in [0.2, 0.25) is 0 Å². The van der Waals surface area contributed by atoms with Crippen molar-refractivity contribution in [1.29, 1.82) is 0 Å². The van der Waals surface area contributed by atoms with Crippen molar-refractivity contribution in [2.45, 2.75) is 13.8 Å². The predicted octanol–water partition coefficient (Wildman–Crippen LogP) is 4.25. The Labute approximate surface area is 176 Å². The van der Waals surface area contributed by atoms with Crippen molar-refractivity contribution < 1.29 is 19.1 Å². The number of methoxy groups -OCH3 is 1. The van der Waals surface area contributed by atoms with Crippen LogP contribution in [0.25, 0.3) is 10.8 Å². The molecule has 0 radical (unpaired) electrons. The van der Waals surface area contributed by atoms with Crippen molar-refractivity contribution in [1.82, 2.24) is 5.32 Å². The maximum Gasteiger partial charge on any atom is 0.259 e. The Morgan fingerprint density at radius 2 is 1.60 bits per heavy atom. The van der Waals surface area contributed by atoms with Gasteiger partial charge in [0.15, 0.2) is 6.61 Å². The molecule has 156 valence electrons. The van der Waals surface area contributed by atoms with Gasteiger partial charge in [-0.2, -0.15) is 0 Å². The minimum atomic E-state index is -0.345. The summed E-state index contributed by atoms with van der Waals surface area (Å²) in [6.07, 6.45) is 0. The molecule has 0 atom stereocenters. The van der Waals surface area contributed by atoms with Gasteiger partial charge in [-0.05, 0) is 41.0 Å². The number of ether oxygens (including phenoxy) is 2. The monoisotopic (exact) mass is 406 g/mol. The molecule has 2 N–H and O–H groups in total. The molecular formula is C24H26N2O4. The van der Waals surface area contributed by atoms with Gasteiger partial charge in [0, 0.05) is 6.54 Å². The zero-order chi connectivity index (χ0) is 21.5.